The number of amides is 1. The van der Waals surface area contributed by atoms with E-state index < -0.39 is 5.92 Å². The molecule has 0 saturated heterocycles. The van der Waals surface area contributed by atoms with E-state index in [9.17, 15) is 4.79 Å². The summed E-state index contributed by atoms with van der Waals surface area (Å²) >= 11 is 0. The standard InChI is InChI=1S/C13H27N3O4/c1-5-6-11(12(14)15-18)13(17)16(7-8-19-3)10(2)9-20-4/h10-11,18H,5-9H2,1-4H3,(H2,14,15). The highest BCUT2D eigenvalue weighted by molar-refractivity contribution is 6.02. The topological polar surface area (TPSA) is 97.4 Å². The van der Waals surface area contributed by atoms with E-state index in [2.05, 4.69) is 5.16 Å². The molecule has 0 aromatic rings. The molecule has 0 aliphatic rings. The molecule has 0 aromatic heterocycles. The van der Waals surface area contributed by atoms with E-state index in [0.29, 0.717) is 26.2 Å². The van der Waals surface area contributed by atoms with Crippen LogP contribution in [0.2, 0.25) is 0 Å². The van der Waals surface area contributed by atoms with Crippen LogP contribution in [0.1, 0.15) is 26.7 Å². The van der Waals surface area contributed by atoms with Gasteiger partial charge in [0.2, 0.25) is 5.91 Å². The number of rotatable bonds is 10. The lowest BCUT2D eigenvalue weighted by Crippen LogP contribution is -2.48. The molecule has 2 atom stereocenters. The van der Waals surface area contributed by atoms with Crippen LogP contribution >= 0.6 is 0 Å². The number of methoxy groups -OCH3 is 2. The van der Waals surface area contributed by atoms with Crippen molar-refractivity contribution >= 4 is 11.7 Å². The van der Waals surface area contributed by atoms with Crippen molar-refractivity contribution in [2.75, 3.05) is 34.0 Å². The van der Waals surface area contributed by atoms with E-state index in [4.69, 9.17) is 20.4 Å². The molecule has 0 aromatic carbocycles. The van der Waals surface area contributed by atoms with Gasteiger partial charge in [0.25, 0.3) is 0 Å². The zero-order valence-electron chi connectivity index (χ0n) is 12.8. The normalized spacial score (nSPS) is 14.9. The molecule has 0 aliphatic heterocycles. The minimum absolute atomic E-state index is 0.0520. The highest BCUT2D eigenvalue weighted by Gasteiger charge is 2.29. The van der Waals surface area contributed by atoms with Gasteiger partial charge in [0.1, 0.15) is 0 Å². The van der Waals surface area contributed by atoms with E-state index >= 15 is 0 Å². The Balaban J connectivity index is 5.04. The lowest BCUT2D eigenvalue weighted by atomic mass is 10.00. The molecule has 118 valence electrons. The summed E-state index contributed by atoms with van der Waals surface area (Å²) in [6, 6.07) is -0.103. The highest BCUT2D eigenvalue weighted by atomic mass is 16.5. The van der Waals surface area contributed by atoms with Gasteiger partial charge in [-0.25, -0.2) is 0 Å². The average molecular weight is 289 g/mol. The van der Waals surface area contributed by atoms with Crippen LogP contribution in [0.25, 0.3) is 0 Å². The molecule has 0 bridgehead atoms. The minimum atomic E-state index is -0.610. The molecule has 0 saturated carbocycles. The zero-order valence-corrected chi connectivity index (χ0v) is 12.8. The summed E-state index contributed by atoms with van der Waals surface area (Å²) in [6.45, 7) is 5.13. The van der Waals surface area contributed by atoms with Gasteiger partial charge in [-0.05, 0) is 13.3 Å². The fraction of sp³-hybridized carbons (Fsp3) is 0.846. The summed E-state index contributed by atoms with van der Waals surface area (Å²) in [5.41, 5.74) is 5.63. The average Bonchev–Trinajstić information content (AvgIpc) is 2.44. The number of ether oxygens (including phenoxy) is 2. The number of carbonyl (C=O) groups excluding carboxylic acids is 1. The van der Waals surface area contributed by atoms with E-state index in [1.807, 2.05) is 13.8 Å². The monoisotopic (exact) mass is 289 g/mol. The van der Waals surface area contributed by atoms with Crippen LogP contribution in [-0.4, -0.2) is 61.9 Å². The summed E-state index contributed by atoms with van der Waals surface area (Å²) in [6.07, 6.45) is 1.31. The Kier molecular flexibility index (Phi) is 9.75. The van der Waals surface area contributed by atoms with Gasteiger partial charge in [0.15, 0.2) is 5.84 Å². The molecular formula is C13H27N3O4. The molecule has 3 N–H and O–H groups in total. The first kappa shape index (κ1) is 18.7. The molecular weight excluding hydrogens is 262 g/mol. The van der Waals surface area contributed by atoms with E-state index in [1.54, 1.807) is 19.1 Å². The molecule has 7 nitrogen and oxygen atoms in total. The van der Waals surface area contributed by atoms with Crippen molar-refractivity contribution in [3.63, 3.8) is 0 Å². The second kappa shape index (κ2) is 10.4. The maximum absolute atomic E-state index is 12.6. The first-order valence-electron chi connectivity index (χ1n) is 6.79. The van der Waals surface area contributed by atoms with Gasteiger partial charge in [-0.2, -0.15) is 0 Å². The van der Waals surface area contributed by atoms with Crippen molar-refractivity contribution < 1.29 is 19.5 Å². The quantitative estimate of drug-likeness (QED) is 0.266. The first-order chi connectivity index (χ1) is 9.53. The summed E-state index contributed by atoms with van der Waals surface area (Å²) in [5, 5.41) is 11.8. The predicted molar refractivity (Wildman–Crippen MR) is 76.7 cm³/mol. The molecule has 7 heteroatoms. The largest absolute Gasteiger partial charge is 0.409 e. The molecule has 2 unspecified atom stereocenters. The summed E-state index contributed by atoms with van der Waals surface area (Å²) < 4.78 is 10.1. The van der Waals surface area contributed by atoms with E-state index in [-0.39, 0.29) is 17.8 Å². The summed E-state index contributed by atoms with van der Waals surface area (Å²) in [4.78, 5) is 14.3. The predicted octanol–water partition coefficient (Wildman–Crippen LogP) is 0.659. The third-order valence-electron chi connectivity index (χ3n) is 3.11. The van der Waals surface area contributed by atoms with Crippen LogP contribution in [0.5, 0.6) is 0 Å². The number of carbonyl (C=O) groups is 1. The molecule has 0 fully saturated rings. The zero-order chi connectivity index (χ0) is 15.5. The van der Waals surface area contributed by atoms with Crippen LogP contribution in [0.15, 0.2) is 5.16 Å². The van der Waals surface area contributed by atoms with E-state index in [1.165, 1.54) is 0 Å². The summed E-state index contributed by atoms with van der Waals surface area (Å²) in [7, 11) is 3.17. The van der Waals surface area contributed by atoms with Crippen molar-refractivity contribution in [1.29, 1.82) is 0 Å². The molecule has 0 rings (SSSR count). The van der Waals surface area contributed by atoms with Crippen LogP contribution in [0.3, 0.4) is 0 Å². The lowest BCUT2D eigenvalue weighted by molar-refractivity contribution is -0.137. The number of hydrogen-bond donors (Lipinski definition) is 2. The van der Waals surface area contributed by atoms with Crippen LogP contribution < -0.4 is 5.73 Å². The van der Waals surface area contributed by atoms with Gasteiger partial charge in [-0.3, -0.25) is 4.79 Å². The Morgan fingerprint density at radius 1 is 1.40 bits per heavy atom. The first-order valence-corrected chi connectivity index (χ1v) is 6.79. The van der Waals surface area contributed by atoms with Crippen molar-refractivity contribution in [2.45, 2.75) is 32.7 Å². The second-order valence-electron chi connectivity index (χ2n) is 4.69. The molecule has 0 radical (unpaired) electrons. The number of oxime groups is 1. The van der Waals surface area contributed by atoms with Gasteiger partial charge < -0.3 is 25.3 Å². The Bertz CT molecular complexity index is 310. The fourth-order valence-electron chi connectivity index (χ4n) is 2.03. The maximum atomic E-state index is 12.6. The highest BCUT2D eigenvalue weighted by Crippen LogP contribution is 2.14. The molecule has 1 amide bonds. The third kappa shape index (κ3) is 5.75. The van der Waals surface area contributed by atoms with Crippen molar-refractivity contribution in [3.05, 3.63) is 0 Å². The number of nitrogens with zero attached hydrogens (tertiary/aromatic N) is 2. The van der Waals surface area contributed by atoms with Crippen molar-refractivity contribution in [2.24, 2.45) is 16.8 Å². The molecule has 0 aliphatic carbocycles. The minimum Gasteiger partial charge on any atom is -0.409 e. The van der Waals surface area contributed by atoms with Gasteiger partial charge >= 0.3 is 0 Å². The van der Waals surface area contributed by atoms with Gasteiger partial charge in [-0.15, -0.1) is 0 Å². The van der Waals surface area contributed by atoms with Gasteiger partial charge in [0, 0.05) is 20.8 Å². The number of nitrogens with two attached hydrogens (primary N) is 1. The Morgan fingerprint density at radius 3 is 2.50 bits per heavy atom. The SMILES string of the molecule is CCCC(C(=O)N(CCOC)C(C)COC)C(N)=NO. The smallest absolute Gasteiger partial charge is 0.233 e. The Morgan fingerprint density at radius 2 is 2.05 bits per heavy atom. The second-order valence-corrected chi connectivity index (χ2v) is 4.69. The number of hydrogen-bond acceptors (Lipinski definition) is 5. The fourth-order valence-corrected chi connectivity index (χ4v) is 2.03. The Labute approximate surface area is 120 Å². The van der Waals surface area contributed by atoms with Crippen LogP contribution in [0, 0.1) is 5.92 Å². The lowest BCUT2D eigenvalue weighted by Gasteiger charge is -2.31. The van der Waals surface area contributed by atoms with Gasteiger partial charge in [0.05, 0.1) is 25.2 Å². The maximum Gasteiger partial charge on any atom is 0.233 e. The Hall–Kier alpha value is -1.34. The third-order valence-corrected chi connectivity index (χ3v) is 3.11. The number of amidine groups is 1. The molecule has 20 heavy (non-hydrogen) atoms. The van der Waals surface area contributed by atoms with Gasteiger partial charge in [-0.1, -0.05) is 18.5 Å². The van der Waals surface area contributed by atoms with Crippen molar-refractivity contribution in [1.82, 2.24) is 4.90 Å². The summed E-state index contributed by atoms with van der Waals surface area (Å²) in [5.74, 6) is -0.825. The van der Waals surface area contributed by atoms with Crippen LogP contribution in [-0.2, 0) is 14.3 Å². The molecule has 0 heterocycles. The molecule has 0 spiro atoms. The van der Waals surface area contributed by atoms with Crippen LogP contribution in [0.4, 0.5) is 0 Å². The van der Waals surface area contributed by atoms with Crippen molar-refractivity contribution in [3.8, 4) is 0 Å². The van der Waals surface area contributed by atoms with E-state index in [0.717, 1.165) is 6.42 Å².